The van der Waals surface area contributed by atoms with Crippen LogP contribution < -0.4 is 11.1 Å². The highest BCUT2D eigenvalue weighted by Gasteiger charge is 2.26. The minimum atomic E-state index is 0.465. The summed E-state index contributed by atoms with van der Waals surface area (Å²) in [5.74, 6) is 0. The summed E-state index contributed by atoms with van der Waals surface area (Å²) in [6, 6.07) is 8.58. The van der Waals surface area contributed by atoms with Crippen molar-refractivity contribution in [2.75, 3.05) is 11.6 Å². The van der Waals surface area contributed by atoms with Crippen LogP contribution in [0.4, 0.5) is 5.69 Å². The number of nitrogens with two attached hydrogens (primary N) is 1. The van der Waals surface area contributed by atoms with E-state index in [1.165, 1.54) is 19.3 Å². The summed E-state index contributed by atoms with van der Waals surface area (Å²) in [5, 5.41) is 4.31. The Hall–Kier alpha value is -0.740. The molecule has 0 radical (unpaired) electrons. The second-order valence-corrected chi connectivity index (χ2v) is 5.88. The molecule has 1 saturated carbocycles. The first-order chi connectivity index (χ1) is 8.22. The van der Waals surface area contributed by atoms with E-state index >= 15 is 0 Å². The van der Waals surface area contributed by atoms with Crippen molar-refractivity contribution in [3.8, 4) is 0 Å². The van der Waals surface area contributed by atoms with Crippen LogP contribution in [-0.2, 0) is 0 Å². The molecule has 0 saturated heterocycles. The molecule has 0 amide bonds. The average Bonchev–Trinajstić information content (AvgIpc) is 2.77. The summed E-state index contributed by atoms with van der Waals surface area (Å²) in [4.78, 5) is 0.465. The van der Waals surface area contributed by atoms with Crippen molar-refractivity contribution in [3.63, 3.8) is 0 Å². The summed E-state index contributed by atoms with van der Waals surface area (Å²) in [5.41, 5.74) is 7.77. The number of rotatable bonds is 4. The molecule has 4 heteroatoms. The summed E-state index contributed by atoms with van der Waals surface area (Å²) in [6.07, 6.45) is 6.02. The van der Waals surface area contributed by atoms with Crippen molar-refractivity contribution in [1.82, 2.24) is 0 Å². The Kier molecular flexibility index (Phi) is 4.29. The third kappa shape index (κ3) is 2.93. The van der Waals surface area contributed by atoms with E-state index < -0.39 is 0 Å². The normalized spacial score (nSPS) is 23.6. The second-order valence-electron chi connectivity index (χ2n) is 4.37. The quantitative estimate of drug-likeness (QED) is 0.822. The molecule has 1 aromatic rings. The van der Waals surface area contributed by atoms with Gasteiger partial charge >= 0.3 is 0 Å². The van der Waals surface area contributed by atoms with E-state index in [-0.39, 0.29) is 0 Å². The summed E-state index contributed by atoms with van der Waals surface area (Å²) < 4.78 is 0. The van der Waals surface area contributed by atoms with Crippen LogP contribution in [0.25, 0.3) is 0 Å². The maximum atomic E-state index is 5.74. The molecule has 2 rings (SSSR count). The minimum Gasteiger partial charge on any atom is -0.389 e. The van der Waals surface area contributed by atoms with Gasteiger partial charge in [-0.2, -0.15) is 11.8 Å². The van der Waals surface area contributed by atoms with E-state index in [9.17, 15) is 0 Å². The van der Waals surface area contributed by atoms with Gasteiger partial charge in [0.15, 0.2) is 0 Å². The molecule has 1 aliphatic carbocycles. The maximum Gasteiger partial charge on any atom is 0.106 e. The van der Waals surface area contributed by atoms with Gasteiger partial charge in [0.05, 0.1) is 0 Å². The number of anilines is 1. The smallest absolute Gasteiger partial charge is 0.106 e. The third-order valence-electron chi connectivity index (χ3n) is 3.29. The van der Waals surface area contributed by atoms with E-state index in [0.717, 1.165) is 11.3 Å². The fourth-order valence-electron chi connectivity index (χ4n) is 2.40. The zero-order valence-electron chi connectivity index (χ0n) is 9.98. The van der Waals surface area contributed by atoms with Gasteiger partial charge in [-0.15, -0.1) is 0 Å². The molecule has 2 nitrogen and oxygen atoms in total. The molecular formula is C13H18N2S2. The molecule has 2 unspecified atom stereocenters. The molecule has 3 N–H and O–H groups in total. The topological polar surface area (TPSA) is 38.0 Å². The van der Waals surface area contributed by atoms with Gasteiger partial charge in [0.2, 0.25) is 0 Å². The molecule has 0 aliphatic heterocycles. The highest BCUT2D eigenvalue weighted by molar-refractivity contribution is 7.99. The molecule has 1 aromatic carbocycles. The number of benzene rings is 1. The first-order valence-corrected chi connectivity index (χ1v) is 7.60. The van der Waals surface area contributed by atoms with Crippen LogP contribution in [0.5, 0.6) is 0 Å². The molecule has 0 spiro atoms. The molecule has 0 bridgehead atoms. The van der Waals surface area contributed by atoms with Crippen molar-refractivity contribution in [3.05, 3.63) is 29.8 Å². The Morgan fingerprint density at radius 1 is 1.41 bits per heavy atom. The molecule has 0 heterocycles. The Balaban J connectivity index is 2.15. The SMILES string of the molecule is CSC1CCCC1Nc1ccccc1C(N)=S. The first kappa shape index (κ1) is 12.7. The van der Waals surface area contributed by atoms with Crippen molar-refractivity contribution in [2.24, 2.45) is 5.73 Å². The fourth-order valence-corrected chi connectivity index (χ4v) is 3.51. The molecule has 1 fully saturated rings. The molecule has 1 aliphatic rings. The number of thiocarbonyl (C=S) groups is 1. The van der Waals surface area contributed by atoms with E-state index in [1.54, 1.807) is 0 Å². The van der Waals surface area contributed by atoms with Crippen LogP contribution in [0.1, 0.15) is 24.8 Å². The predicted molar refractivity (Wildman–Crippen MR) is 80.9 cm³/mol. The highest BCUT2D eigenvalue weighted by atomic mass is 32.2. The van der Waals surface area contributed by atoms with Crippen molar-refractivity contribution < 1.29 is 0 Å². The lowest BCUT2D eigenvalue weighted by Crippen LogP contribution is -2.27. The number of hydrogen-bond acceptors (Lipinski definition) is 3. The minimum absolute atomic E-state index is 0.465. The van der Waals surface area contributed by atoms with Gasteiger partial charge in [0, 0.05) is 22.5 Å². The van der Waals surface area contributed by atoms with Crippen LogP contribution in [0, 0.1) is 0 Å². The van der Waals surface area contributed by atoms with E-state index in [2.05, 4.69) is 17.6 Å². The van der Waals surface area contributed by atoms with Crippen LogP contribution in [0.15, 0.2) is 24.3 Å². The zero-order chi connectivity index (χ0) is 12.3. The first-order valence-electron chi connectivity index (χ1n) is 5.90. The van der Waals surface area contributed by atoms with Crippen LogP contribution in [0.3, 0.4) is 0 Å². The molecule has 92 valence electrons. The van der Waals surface area contributed by atoms with Gasteiger partial charge in [-0.3, -0.25) is 0 Å². The van der Waals surface area contributed by atoms with Crippen LogP contribution in [0.2, 0.25) is 0 Å². The number of thioether (sulfide) groups is 1. The Morgan fingerprint density at radius 3 is 2.88 bits per heavy atom. The van der Waals surface area contributed by atoms with Gasteiger partial charge in [-0.25, -0.2) is 0 Å². The molecule has 17 heavy (non-hydrogen) atoms. The van der Waals surface area contributed by atoms with Crippen LogP contribution in [-0.4, -0.2) is 22.5 Å². The maximum absolute atomic E-state index is 5.74. The third-order valence-corrected chi connectivity index (χ3v) is 4.68. The van der Waals surface area contributed by atoms with Gasteiger partial charge < -0.3 is 11.1 Å². The van der Waals surface area contributed by atoms with Gasteiger partial charge in [-0.05, 0) is 31.2 Å². The van der Waals surface area contributed by atoms with Gasteiger partial charge in [-0.1, -0.05) is 30.8 Å². The molecular weight excluding hydrogens is 248 g/mol. The lowest BCUT2D eigenvalue weighted by molar-refractivity contribution is 0.768. The Labute approximate surface area is 112 Å². The Bertz CT molecular complexity index is 406. The van der Waals surface area contributed by atoms with E-state index in [4.69, 9.17) is 18.0 Å². The number of hydrogen-bond donors (Lipinski definition) is 2. The van der Waals surface area contributed by atoms with Crippen molar-refractivity contribution in [1.29, 1.82) is 0 Å². The van der Waals surface area contributed by atoms with Gasteiger partial charge in [0.25, 0.3) is 0 Å². The standard InChI is InChI=1S/C13H18N2S2/c1-17-12-8-4-7-11(12)15-10-6-3-2-5-9(10)13(14)16/h2-3,5-6,11-12,15H,4,7-8H2,1H3,(H2,14,16). The van der Waals surface area contributed by atoms with E-state index in [0.29, 0.717) is 16.3 Å². The lowest BCUT2D eigenvalue weighted by Gasteiger charge is -2.22. The highest BCUT2D eigenvalue weighted by Crippen LogP contribution is 2.31. The Morgan fingerprint density at radius 2 is 2.18 bits per heavy atom. The lowest BCUT2D eigenvalue weighted by atomic mass is 10.1. The zero-order valence-corrected chi connectivity index (χ0v) is 11.6. The number of nitrogens with one attached hydrogen (secondary N) is 1. The summed E-state index contributed by atoms with van der Waals surface area (Å²) in [7, 11) is 0. The molecule has 0 aromatic heterocycles. The fraction of sp³-hybridized carbons (Fsp3) is 0.462. The van der Waals surface area contributed by atoms with Crippen LogP contribution >= 0.6 is 24.0 Å². The van der Waals surface area contributed by atoms with Gasteiger partial charge in [0.1, 0.15) is 4.99 Å². The molecule has 2 atom stereocenters. The summed E-state index contributed by atoms with van der Waals surface area (Å²) in [6.45, 7) is 0. The predicted octanol–water partition coefficient (Wildman–Crippen LogP) is 3.02. The van der Waals surface area contributed by atoms with Crippen molar-refractivity contribution >= 4 is 34.7 Å². The second kappa shape index (κ2) is 5.74. The largest absolute Gasteiger partial charge is 0.389 e. The van der Waals surface area contributed by atoms with E-state index in [1.807, 2.05) is 30.0 Å². The van der Waals surface area contributed by atoms with Crippen molar-refractivity contribution in [2.45, 2.75) is 30.6 Å². The number of para-hydroxylation sites is 1. The monoisotopic (exact) mass is 266 g/mol. The average molecular weight is 266 g/mol. The summed E-state index contributed by atoms with van der Waals surface area (Å²) >= 11 is 7.03.